The second kappa shape index (κ2) is 6.64. The first-order valence-corrected chi connectivity index (χ1v) is 9.33. The molecule has 3 rings (SSSR count). The summed E-state index contributed by atoms with van der Waals surface area (Å²) in [5.74, 6) is 0. The summed E-state index contributed by atoms with van der Waals surface area (Å²) in [6.07, 6.45) is 6.63. The summed E-state index contributed by atoms with van der Waals surface area (Å²) in [6, 6.07) is 15.4. The first-order valence-electron chi connectivity index (χ1n) is 7.72. The molecule has 1 nitrogen and oxygen atoms in total. The van der Waals surface area contributed by atoms with Crippen molar-refractivity contribution in [2.75, 3.05) is 7.05 Å². The molecule has 0 atom stereocenters. The van der Waals surface area contributed by atoms with E-state index in [0.717, 1.165) is 6.54 Å². The lowest BCUT2D eigenvalue weighted by Gasteiger charge is -2.44. The Morgan fingerprint density at radius 1 is 1.05 bits per heavy atom. The van der Waals surface area contributed by atoms with Gasteiger partial charge in [0.15, 0.2) is 0 Å². The van der Waals surface area contributed by atoms with Crippen molar-refractivity contribution in [2.24, 2.45) is 0 Å². The molecule has 0 bridgehead atoms. The summed E-state index contributed by atoms with van der Waals surface area (Å²) in [6.45, 7) is 1.02. The summed E-state index contributed by atoms with van der Waals surface area (Å²) in [5.41, 5.74) is 1.63. The van der Waals surface area contributed by atoms with Crippen LogP contribution in [-0.2, 0) is 12.1 Å². The summed E-state index contributed by atoms with van der Waals surface area (Å²) in [4.78, 5) is 4.10. The molecule has 112 valence electrons. The van der Waals surface area contributed by atoms with Gasteiger partial charge in [0, 0.05) is 11.4 Å². The highest BCUT2D eigenvalue weighted by molar-refractivity contribution is 9.11. The van der Waals surface area contributed by atoms with Crippen molar-refractivity contribution in [3.63, 3.8) is 0 Å². The maximum absolute atomic E-state index is 3.64. The van der Waals surface area contributed by atoms with Crippen LogP contribution < -0.4 is 0 Å². The van der Waals surface area contributed by atoms with Crippen molar-refractivity contribution in [1.29, 1.82) is 0 Å². The van der Waals surface area contributed by atoms with Gasteiger partial charge in [0.1, 0.15) is 0 Å². The molecule has 1 aromatic heterocycles. The maximum atomic E-state index is 3.64. The van der Waals surface area contributed by atoms with Crippen molar-refractivity contribution in [1.82, 2.24) is 4.90 Å². The molecule has 0 spiro atoms. The Morgan fingerprint density at radius 3 is 2.38 bits per heavy atom. The highest BCUT2D eigenvalue weighted by Gasteiger charge is 2.38. The van der Waals surface area contributed by atoms with E-state index in [9.17, 15) is 0 Å². The molecule has 1 aliphatic carbocycles. The molecular formula is C18H22BrNS. The Hall–Kier alpha value is -0.640. The Balaban J connectivity index is 1.88. The van der Waals surface area contributed by atoms with Crippen LogP contribution in [0.4, 0.5) is 0 Å². The lowest BCUT2D eigenvalue weighted by atomic mass is 9.79. The van der Waals surface area contributed by atoms with Gasteiger partial charge in [-0.2, -0.15) is 0 Å². The molecule has 0 amide bonds. The predicted octanol–water partition coefficient (Wildman–Crippen LogP) is 5.80. The fourth-order valence-corrected chi connectivity index (χ4v) is 5.21. The normalized spacial score (nSPS) is 18.0. The Kier molecular flexibility index (Phi) is 4.82. The number of thiophene rings is 1. The van der Waals surface area contributed by atoms with Crippen LogP contribution in [0.15, 0.2) is 46.3 Å². The van der Waals surface area contributed by atoms with Crippen molar-refractivity contribution in [2.45, 2.75) is 44.2 Å². The lowest BCUT2D eigenvalue weighted by molar-refractivity contribution is 0.0689. The highest BCUT2D eigenvalue weighted by atomic mass is 79.9. The fraction of sp³-hybridized carbons (Fsp3) is 0.444. The summed E-state index contributed by atoms with van der Waals surface area (Å²) in [7, 11) is 2.30. The molecule has 1 aliphatic rings. The van der Waals surface area contributed by atoms with Crippen LogP contribution in [0.3, 0.4) is 0 Å². The van der Waals surface area contributed by atoms with E-state index in [1.807, 2.05) is 11.3 Å². The topological polar surface area (TPSA) is 3.24 Å². The highest BCUT2D eigenvalue weighted by Crippen LogP contribution is 2.45. The SMILES string of the molecule is CN(Cc1ccccc1)C1(c2ccc(Br)s2)CCCCC1. The van der Waals surface area contributed by atoms with E-state index in [0.29, 0.717) is 0 Å². The van der Waals surface area contributed by atoms with E-state index in [2.05, 4.69) is 70.3 Å². The van der Waals surface area contributed by atoms with Gasteiger partial charge < -0.3 is 0 Å². The van der Waals surface area contributed by atoms with Crippen LogP contribution in [0, 0.1) is 0 Å². The van der Waals surface area contributed by atoms with Gasteiger partial charge in [-0.25, -0.2) is 0 Å². The molecule has 21 heavy (non-hydrogen) atoms. The third kappa shape index (κ3) is 3.25. The van der Waals surface area contributed by atoms with E-state index in [1.165, 1.54) is 46.3 Å². The number of benzene rings is 1. The molecule has 0 radical (unpaired) electrons. The Morgan fingerprint density at radius 2 is 1.76 bits per heavy atom. The maximum Gasteiger partial charge on any atom is 0.0702 e. The number of nitrogens with zero attached hydrogens (tertiary/aromatic N) is 1. The molecule has 1 aromatic carbocycles. The summed E-state index contributed by atoms with van der Waals surface area (Å²) in [5, 5.41) is 0. The van der Waals surface area contributed by atoms with Gasteiger partial charge in [-0.1, -0.05) is 49.6 Å². The molecule has 0 N–H and O–H groups in total. The molecule has 1 heterocycles. The Bertz CT molecular complexity index is 572. The third-order valence-electron chi connectivity index (χ3n) is 4.71. The Labute approximate surface area is 140 Å². The molecule has 0 saturated heterocycles. The van der Waals surface area contributed by atoms with E-state index in [1.54, 1.807) is 0 Å². The average molecular weight is 364 g/mol. The van der Waals surface area contributed by atoms with Gasteiger partial charge in [-0.15, -0.1) is 11.3 Å². The van der Waals surface area contributed by atoms with Crippen molar-refractivity contribution in [3.05, 3.63) is 56.7 Å². The second-order valence-corrected chi connectivity index (χ2v) is 8.50. The van der Waals surface area contributed by atoms with Crippen LogP contribution in [0.25, 0.3) is 0 Å². The van der Waals surface area contributed by atoms with Crippen LogP contribution in [-0.4, -0.2) is 11.9 Å². The quantitative estimate of drug-likeness (QED) is 0.663. The predicted molar refractivity (Wildman–Crippen MR) is 94.7 cm³/mol. The molecule has 2 aromatic rings. The first-order chi connectivity index (χ1) is 10.2. The van der Waals surface area contributed by atoms with Gasteiger partial charge in [0.2, 0.25) is 0 Å². The van der Waals surface area contributed by atoms with E-state index >= 15 is 0 Å². The van der Waals surface area contributed by atoms with Crippen LogP contribution in [0.1, 0.15) is 42.5 Å². The van der Waals surface area contributed by atoms with E-state index in [4.69, 9.17) is 0 Å². The minimum absolute atomic E-state index is 0.227. The minimum atomic E-state index is 0.227. The first kappa shape index (κ1) is 15.3. The monoisotopic (exact) mass is 363 g/mol. The number of halogens is 1. The molecule has 0 unspecified atom stereocenters. The zero-order valence-electron chi connectivity index (χ0n) is 12.5. The zero-order chi connectivity index (χ0) is 14.7. The van der Waals surface area contributed by atoms with Gasteiger partial charge in [0.25, 0.3) is 0 Å². The number of rotatable bonds is 4. The molecule has 3 heteroatoms. The van der Waals surface area contributed by atoms with Gasteiger partial charge >= 0.3 is 0 Å². The molecular weight excluding hydrogens is 342 g/mol. The van der Waals surface area contributed by atoms with Crippen molar-refractivity contribution < 1.29 is 0 Å². The second-order valence-electron chi connectivity index (χ2n) is 6.04. The molecule has 1 fully saturated rings. The summed E-state index contributed by atoms with van der Waals surface area (Å²) >= 11 is 5.55. The van der Waals surface area contributed by atoms with Crippen molar-refractivity contribution >= 4 is 27.3 Å². The third-order valence-corrected chi connectivity index (χ3v) is 6.52. The number of hydrogen-bond acceptors (Lipinski definition) is 2. The largest absolute Gasteiger partial charge is 0.292 e. The molecule has 0 aliphatic heterocycles. The van der Waals surface area contributed by atoms with E-state index in [-0.39, 0.29) is 5.54 Å². The van der Waals surface area contributed by atoms with Crippen LogP contribution in [0.5, 0.6) is 0 Å². The van der Waals surface area contributed by atoms with Gasteiger partial charge in [-0.3, -0.25) is 4.90 Å². The minimum Gasteiger partial charge on any atom is -0.292 e. The summed E-state index contributed by atoms with van der Waals surface area (Å²) < 4.78 is 1.25. The van der Waals surface area contributed by atoms with Gasteiger partial charge in [0.05, 0.1) is 9.33 Å². The van der Waals surface area contributed by atoms with Crippen molar-refractivity contribution in [3.8, 4) is 0 Å². The standard InChI is InChI=1S/C18H22BrNS/c1-20(14-15-8-4-2-5-9-15)18(12-6-3-7-13-18)16-10-11-17(19)21-16/h2,4-5,8-11H,3,6-7,12-14H2,1H3. The van der Waals surface area contributed by atoms with Gasteiger partial charge in [-0.05, 0) is 53.5 Å². The van der Waals surface area contributed by atoms with E-state index < -0.39 is 0 Å². The van der Waals surface area contributed by atoms with Crippen LogP contribution in [0.2, 0.25) is 0 Å². The average Bonchev–Trinajstić information content (AvgIpc) is 2.96. The fourth-order valence-electron chi connectivity index (χ4n) is 3.53. The zero-order valence-corrected chi connectivity index (χ0v) is 14.9. The van der Waals surface area contributed by atoms with Crippen LogP contribution >= 0.6 is 27.3 Å². The number of hydrogen-bond donors (Lipinski definition) is 0. The lowest BCUT2D eigenvalue weighted by Crippen LogP contribution is -2.44. The smallest absolute Gasteiger partial charge is 0.0702 e. The molecule has 1 saturated carbocycles.